The molecule has 1 aliphatic rings. The van der Waals surface area contributed by atoms with Gasteiger partial charge in [-0.05, 0) is 67.6 Å². The van der Waals surface area contributed by atoms with Crippen molar-refractivity contribution < 1.29 is 14.3 Å². The number of benzene rings is 2. The maximum absolute atomic E-state index is 13.3. The first-order chi connectivity index (χ1) is 13.6. The summed E-state index contributed by atoms with van der Waals surface area (Å²) in [4.78, 5) is 13.3. The van der Waals surface area contributed by atoms with E-state index in [-0.39, 0.29) is 5.91 Å². The van der Waals surface area contributed by atoms with Gasteiger partial charge in [0.1, 0.15) is 11.5 Å². The molecule has 4 heteroatoms. The second-order valence-electron chi connectivity index (χ2n) is 7.65. The first-order valence-electron chi connectivity index (χ1n) is 10.3. The van der Waals surface area contributed by atoms with Gasteiger partial charge in [-0.25, -0.2) is 0 Å². The molecule has 1 fully saturated rings. The number of anilines is 1. The zero-order chi connectivity index (χ0) is 20.0. The fourth-order valence-corrected chi connectivity index (χ4v) is 4.00. The summed E-state index contributed by atoms with van der Waals surface area (Å²) in [5.41, 5.74) is 2.47. The van der Waals surface area contributed by atoms with Crippen LogP contribution in [0.4, 0.5) is 5.69 Å². The van der Waals surface area contributed by atoms with Gasteiger partial charge < -0.3 is 14.8 Å². The summed E-state index contributed by atoms with van der Waals surface area (Å²) in [6.07, 6.45) is 6.05. The Morgan fingerprint density at radius 2 is 1.82 bits per heavy atom. The van der Waals surface area contributed by atoms with Gasteiger partial charge in [0.05, 0.1) is 19.1 Å². The molecule has 3 rings (SSSR count). The smallest absolute Gasteiger partial charge is 0.235 e. The first kappa shape index (κ1) is 20.2. The second kappa shape index (κ2) is 9.13. The van der Waals surface area contributed by atoms with Crippen molar-refractivity contribution in [3.05, 3.63) is 53.6 Å². The number of ether oxygens (including phenoxy) is 2. The molecule has 0 bridgehead atoms. The summed E-state index contributed by atoms with van der Waals surface area (Å²) in [6, 6.07) is 13.8. The Hall–Kier alpha value is -2.49. The third-order valence-corrected chi connectivity index (χ3v) is 5.72. The van der Waals surface area contributed by atoms with Gasteiger partial charge in [0.15, 0.2) is 0 Å². The van der Waals surface area contributed by atoms with Gasteiger partial charge in [0.2, 0.25) is 5.91 Å². The van der Waals surface area contributed by atoms with Crippen LogP contribution in [-0.2, 0) is 10.2 Å². The van der Waals surface area contributed by atoms with E-state index >= 15 is 0 Å². The molecule has 0 spiro atoms. The molecule has 1 aliphatic carbocycles. The van der Waals surface area contributed by atoms with Gasteiger partial charge in [0, 0.05) is 5.69 Å². The zero-order valence-corrected chi connectivity index (χ0v) is 17.2. The molecule has 0 atom stereocenters. The Morgan fingerprint density at radius 1 is 1.11 bits per heavy atom. The highest BCUT2D eigenvalue weighted by Gasteiger charge is 2.42. The van der Waals surface area contributed by atoms with Gasteiger partial charge in [-0.1, -0.05) is 38.3 Å². The predicted octanol–water partition coefficient (Wildman–Crippen LogP) is 5.63. The van der Waals surface area contributed by atoms with Crippen LogP contribution in [0, 0.1) is 6.92 Å². The van der Waals surface area contributed by atoms with Gasteiger partial charge in [-0.2, -0.15) is 0 Å². The predicted molar refractivity (Wildman–Crippen MR) is 113 cm³/mol. The van der Waals surface area contributed by atoms with E-state index in [1.165, 1.54) is 0 Å². The normalized spacial score (nSPS) is 15.2. The Labute approximate surface area is 168 Å². The van der Waals surface area contributed by atoms with E-state index < -0.39 is 5.41 Å². The van der Waals surface area contributed by atoms with E-state index in [1.807, 2.05) is 49.4 Å². The fraction of sp³-hybridized carbons (Fsp3) is 0.458. The van der Waals surface area contributed by atoms with Crippen molar-refractivity contribution in [3.63, 3.8) is 0 Å². The summed E-state index contributed by atoms with van der Waals surface area (Å²) >= 11 is 0. The molecule has 28 heavy (non-hydrogen) atoms. The van der Waals surface area contributed by atoms with E-state index in [0.717, 1.165) is 73.4 Å². The lowest BCUT2D eigenvalue weighted by molar-refractivity contribution is -0.121. The number of hydrogen-bond acceptors (Lipinski definition) is 3. The minimum Gasteiger partial charge on any atom is -0.497 e. The van der Waals surface area contributed by atoms with Crippen LogP contribution in [0.5, 0.6) is 11.5 Å². The second-order valence-corrected chi connectivity index (χ2v) is 7.65. The molecule has 0 aliphatic heterocycles. The number of rotatable bonds is 8. The minimum absolute atomic E-state index is 0.0780. The number of carbonyl (C=O) groups excluding carboxylic acids is 1. The molecule has 1 saturated carbocycles. The lowest BCUT2D eigenvalue weighted by Gasteiger charge is -2.28. The molecule has 1 amide bonds. The van der Waals surface area contributed by atoms with E-state index in [1.54, 1.807) is 7.11 Å². The van der Waals surface area contributed by atoms with E-state index in [4.69, 9.17) is 9.47 Å². The lowest BCUT2D eigenvalue weighted by Crippen LogP contribution is -2.38. The van der Waals surface area contributed by atoms with Crippen LogP contribution in [-0.4, -0.2) is 19.6 Å². The minimum atomic E-state index is -0.462. The Kier molecular flexibility index (Phi) is 6.61. The van der Waals surface area contributed by atoms with Crippen molar-refractivity contribution >= 4 is 11.6 Å². The van der Waals surface area contributed by atoms with E-state index in [2.05, 4.69) is 12.2 Å². The lowest BCUT2D eigenvalue weighted by atomic mass is 9.78. The molecule has 0 radical (unpaired) electrons. The monoisotopic (exact) mass is 381 g/mol. The fourth-order valence-electron chi connectivity index (χ4n) is 4.00. The number of unbranched alkanes of at least 4 members (excludes halogenated alkanes) is 1. The van der Waals surface area contributed by atoms with E-state index in [0.29, 0.717) is 0 Å². The molecule has 2 aromatic rings. The summed E-state index contributed by atoms with van der Waals surface area (Å²) < 4.78 is 11.1. The average Bonchev–Trinajstić information content (AvgIpc) is 3.21. The van der Waals surface area contributed by atoms with Gasteiger partial charge >= 0.3 is 0 Å². The third-order valence-electron chi connectivity index (χ3n) is 5.72. The molecule has 0 unspecified atom stereocenters. The Morgan fingerprint density at radius 3 is 2.43 bits per heavy atom. The molecule has 0 heterocycles. The molecule has 0 aromatic heterocycles. The molecular weight excluding hydrogens is 350 g/mol. The molecule has 4 nitrogen and oxygen atoms in total. The molecule has 1 N–H and O–H groups in total. The number of carbonyl (C=O) groups is 1. The SMILES string of the molecule is CCCCOc1ccc(NC(=O)C2(c3ccc(OC)cc3)CCCC2)cc1C. The molecule has 2 aromatic carbocycles. The zero-order valence-electron chi connectivity index (χ0n) is 17.2. The quantitative estimate of drug-likeness (QED) is 0.603. The number of methoxy groups -OCH3 is 1. The summed E-state index contributed by atoms with van der Waals surface area (Å²) in [5.74, 6) is 1.78. The van der Waals surface area contributed by atoms with Crippen LogP contribution < -0.4 is 14.8 Å². The average molecular weight is 382 g/mol. The number of hydrogen-bond donors (Lipinski definition) is 1. The van der Waals surface area contributed by atoms with Crippen LogP contribution in [0.3, 0.4) is 0 Å². The van der Waals surface area contributed by atoms with Crippen molar-refractivity contribution in [1.29, 1.82) is 0 Å². The third kappa shape index (κ3) is 4.32. The van der Waals surface area contributed by atoms with Crippen molar-refractivity contribution in [1.82, 2.24) is 0 Å². The van der Waals surface area contributed by atoms with Crippen LogP contribution >= 0.6 is 0 Å². The standard InChI is InChI=1S/C24H31NO3/c1-4-5-16-28-22-13-10-20(17-18(22)2)25-23(26)24(14-6-7-15-24)19-8-11-21(27-3)12-9-19/h8-13,17H,4-7,14-16H2,1-3H3,(H,25,26). The van der Waals surface area contributed by atoms with Gasteiger partial charge in [-0.3, -0.25) is 4.79 Å². The van der Waals surface area contributed by atoms with Crippen LogP contribution in [0.25, 0.3) is 0 Å². The van der Waals surface area contributed by atoms with Crippen LogP contribution in [0.1, 0.15) is 56.6 Å². The van der Waals surface area contributed by atoms with Crippen LogP contribution in [0.2, 0.25) is 0 Å². The van der Waals surface area contributed by atoms with Crippen molar-refractivity contribution in [2.75, 3.05) is 19.0 Å². The highest BCUT2D eigenvalue weighted by atomic mass is 16.5. The number of nitrogens with one attached hydrogen (secondary N) is 1. The highest BCUT2D eigenvalue weighted by molar-refractivity contribution is 5.99. The Bertz CT molecular complexity index is 792. The van der Waals surface area contributed by atoms with Gasteiger partial charge in [-0.15, -0.1) is 0 Å². The molecule has 0 saturated heterocycles. The van der Waals surface area contributed by atoms with E-state index in [9.17, 15) is 4.79 Å². The summed E-state index contributed by atoms with van der Waals surface area (Å²) in [6.45, 7) is 4.89. The molecular formula is C24H31NO3. The topological polar surface area (TPSA) is 47.6 Å². The van der Waals surface area contributed by atoms with Crippen molar-refractivity contribution in [2.24, 2.45) is 0 Å². The first-order valence-corrected chi connectivity index (χ1v) is 10.3. The maximum Gasteiger partial charge on any atom is 0.235 e. The van der Waals surface area contributed by atoms with Gasteiger partial charge in [0.25, 0.3) is 0 Å². The summed E-state index contributed by atoms with van der Waals surface area (Å²) in [7, 11) is 1.66. The number of amides is 1. The van der Waals surface area contributed by atoms with Crippen molar-refractivity contribution in [3.8, 4) is 11.5 Å². The molecule has 150 valence electrons. The summed E-state index contributed by atoms with van der Waals surface area (Å²) in [5, 5.41) is 3.16. The van der Waals surface area contributed by atoms with Crippen LogP contribution in [0.15, 0.2) is 42.5 Å². The largest absolute Gasteiger partial charge is 0.497 e. The Balaban J connectivity index is 1.76. The number of aryl methyl sites for hydroxylation is 1. The van der Waals surface area contributed by atoms with Crippen molar-refractivity contribution in [2.45, 2.75) is 57.8 Å². The highest BCUT2D eigenvalue weighted by Crippen LogP contribution is 2.42. The maximum atomic E-state index is 13.3.